The Morgan fingerprint density at radius 3 is 2.75 bits per heavy atom. The zero-order chi connectivity index (χ0) is 22.8. The minimum atomic E-state index is -0.416. The molecule has 1 saturated heterocycles. The van der Waals surface area contributed by atoms with Gasteiger partial charge in [0.2, 0.25) is 5.91 Å². The maximum Gasteiger partial charge on any atom is 0.220 e. The highest BCUT2D eigenvalue weighted by Gasteiger charge is 2.18. The average Bonchev–Trinajstić information content (AvgIpc) is 2.82. The van der Waals surface area contributed by atoms with Crippen LogP contribution in [0.15, 0.2) is 42.5 Å². The molecule has 3 rings (SSSR count). The summed E-state index contributed by atoms with van der Waals surface area (Å²) in [6, 6.07) is 13.1. The zero-order valence-corrected chi connectivity index (χ0v) is 18.9. The Morgan fingerprint density at radius 1 is 1.19 bits per heavy atom. The highest BCUT2D eigenvalue weighted by Crippen LogP contribution is 2.19. The van der Waals surface area contributed by atoms with E-state index in [0.717, 1.165) is 49.5 Å². The third kappa shape index (κ3) is 7.50. The molecule has 1 N–H and O–H groups in total. The van der Waals surface area contributed by atoms with Crippen LogP contribution in [-0.4, -0.2) is 57.4 Å². The minimum Gasteiger partial charge on any atom is -0.494 e. The number of rotatable bonds is 11. The van der Waals surface area contributed by atoms with E-state index >= 15 is 0 Å². The van der Waals surface area contributed by atoms with E-state index < -0.39 is 5.82 Å². The average molecular weight is 445 g/mol. The van der Waals surface area contributed by atoms with Gasteiger partial charge >= 0.3 is 0 Å². The molecule has 1 aliphatic rings. The lowest BCUT2D eigenvalue weighted by Gasteiger charge is -2.31. The second-order valence-corrected chi connectivity index (χ2v) is 8.07. The fourth-order valence-corrected chi connectivity index (χ4v) is 3.77. The molecule has 1 aliphatic heterocycles. The van der Waals surface area contributed by atoms with Gasteiger partial charge in [0.1, 0.15) is 12.4 Å². The predicted molar refractivity (Wildman–Crippen MR) is 122 cm³/mol. The number of halogens is 1. The molecule has 32 heavy (non-hydrogen) atoms. The first-order valence-corrected chi connectivity index (χ1v) is 11.1. The molecule has 0 atom stereocenters. The lowest BCUT2D eigenvalue weighted by atomic mass is 10.1. The summed E-state index contributed by atoms with van der Waals surface area (Å²) in [4.78, 5) is 14.5. The van der Waals surface area contributed by atoms with E-state index in [1.54, 1.807) is 12.1 Å². The summed E-state index contributed by atoms with van der Waals surface area (Å²) in [5.74, 6) is 0.508. The summed E-state index contributed by atoms with van der Waals surface area (Å²) in [6.07, 6.45) is 2.90. The van der Waals surface area contributed by atoms with E-state index in [0.29, 0.717) is 32.0 Å². The summed E-state index contributed by atoms with van der Waals surface area (Å²) in [5, 5.41) is 2.92. The van der Waals surface area contributed by atoms with Crippen molar-refractivity contribution in [2.24, 2.45) is 0 Å². The molecule has 7 heteroatoms. The molecule has 0 radical (unpaired) electrons. The molecule has 6 nitrogen and oxygen atoms in total. The maximum atomic E-state index is 13.8. The van der Waals surface area contributed by atoms with Crippen molar-refractivity contribution < 1.29 is 23.4 Å². The van der Waals surface area contributed by atoms with Crippen molar-refractivity contribution in [2.75, 3.05) is 40.5 Å². The van der Waals surface area contributed by atoms with Crippen LogP contribution >= 0.6 is 0 Å². The number of nitrogens with zero attached hydrogens (tertiary/aromatic N) is 1. The Morgan fingerprint density at radius 2 is 2.00 bits per heavy atom. The second kappa shape index (κ2) is 12.4. The van der Waals surface area contributed by atoms with E-state index in [2.05, 4.69) is 17.3 Å². The first kappa shape index (κ1) is 24.0. The molecule has 1 fully saturated rings. The van der Waals surface area contributed by atoms with Crippen LogP contribution in [0.2, 0.25) is 0 Å². The summed E-state index contributed by atoms with van der Waals surface area (Å²) in [7, 11) is 3.56. The van der Waals surface area contributed by atoms with Crippen LogP contribution in [0.5, 0.6) is 11.5 Å². The fraction of sp³-hybridized carbons (Fsp3) is 0.480. The first-order valence-electron chi connectivity index (χ1n) is 11.1. The summed E-state index contributed by atoms with van der Waals surface area (Å²) >= 11 is 0. The van der Waals surface area contributed by atoms with Gasteiger partial charge < -0.3 is 19.5 Å². The van der Waals surface area contributed by atoms with Gasteiger partial charge in [-0.05, 0) is 61.7 Å². The number of methoxy groups -OCH3 is 1. The fourth-order valence-electron chi connectivity index (χ4n) is 3.77. The number of carbonyl (C=O) groups excluding carboxylic acids is 1. The smallest absolute Gasteiger partial charge is 0.220 e. The zero-order valence-electron chi connectivity index (χ0n) is 18.9. The van der Waals surface area contributed by atoms with E-state index in [1.807, 2.05) is 24.3 Å². The Labute approximate surface area is 189 Å². The second-order valence-electron chi connectivity index (χ2n) is 8.07. The summed E-state index contributed by atoms with van der Waals surface area (Å²) in [6.45, 7) is 3.57. The molecule has 0 bridgehead atoms. The molecular weight excluding hydrogens is 411 g/mol. The first-order chi connectivity index (χ1) is 15.5. The van der Waals surface area contributed by atoms with Crippen molar-refractivity contribution in [1.29, 1.82) is 0 Å². The number of ether oxygens (including phenoxy) is 3. The lowest BCUT2D eigenvalue weighted by molar-refractivity contribution is -0.121. The third-order valence-electron chi connectivity index (χ3n) is 5.77. The summed E-state index contributed by atoms with van der Waals surface area (Å²) in [5.41, 5.74) is 1.74. The number of hydrogen-bond donors (Lipinski definition) is 1. The third-order valence-corrected chi connectivity index (χ3v) is 5.77. The normalized spacial score (nSPS) is 14.4. The van der Waals surface area contributed by atoms with Gasteiger partial charge in [0, 0.05) is 38.8 Å². The molecule has 0 aliphatic carbocycles. The van der Waals surface area contributed by atoms with E-state index in [4.69, 9.17) is 14.2 Å². The maximum absolute atomic E-state index is 13.8. The molecule has 0 saturated carbocycles. The molecule has 2 aromatic rings. The van der Waals surface area contributed by atoms with Gasteiger partial charge in [-0.25, -0.2) is 4.39 Å². The number of aryl methyl sites for hydroxylation is 1. The minimum absolute atomic E-state index is 0.0781. The van der Waals surface area contributed by atoms with Crippen molar-refractivity contribution in [2.45, 2.75) is 38.3 Å². The number of carbonyl (C=O) groups is 1. The number of hydrogen-bond acceptors (Lipinski definition) is 5. The summed E-state index contributed by atoms with van der Waals surface area (Å²) < 4.78 is 30.0. The Bertz CT molecular complexity index is 871. The molecule has 0 aromatic heterocycles. The predicted octanol–water partition coefficient (Wildman–Crippen LogP) is 3.57. The van der Waals surface area contributed by atoms with Crippen molar-refractivity contribution in [3.63, 3.8) is 0 Å². The number of benzene rings is 2. The highest BCUT2D eigenvalue weighted by atomic mass is 19.1. The quantitative estimate of drug-likeness (QED) is 0.574. The Hall–Kier alpha value is -2.64. The van der Waals surface area contributed by atoms with E-state index in [1.165, 1.54) is 13.2 Å². The van der Waals surface area contributed by atoms with Gasteiger partial charge in [-0.2, -0.15) is 0 Å². The molecule has 0 spiro atoms. The van der Waals surface area contributed by atoms with Crippen LogP contribution in [0, 0.1) is 5.82 Å². The van der Waals surface area contributed by atoms with E-state index in [9.17, 15) is 9.18 Å². The van der Waals surface area contributed by atoms with Crippen molar-refractivity contribution >= 4 is 5.91 Å². The van der Waals surface area contributed by atoms with Gasteiger partial charge in [-0.15, -0.1) is 0 Å². The van der Waals surface area contributed by atoms with Crippen molar-refractivity contribution in [3.05, 3.63) is 59.4 Å². The van der Waals surface area contributed by atoms with Gasteiger partial charge in [-0.1, -0.05) is 18.2 Å². The lowest BCUT2D eigenvalue weighted by Crippen LogP contribution is -2.38. The van der Waals surface area contributed by atoms with Gasteiger partial charge in [0.05, 0.1) is 7.11 Å². The molecule has 174 valence electrons. The molecule has 0 unspecified atom stereocenters. The van der Waals surface area contributed by atoms with Crippen LogP contribution < -0.4 is 14.8 Å². The Balaban J connectivity index is 1.38. The van der Waals surface area contributed by atoms with Gasteiger partial charge in [0.25, 0.3) is 0 Å². The van der Waals surface area contributed by atoms with Crippen LogP contribution in [0.1, 0.15) is 30.4 Å². The largest absolute Gasteiger partial charge is 0.494 e. The molecular formula is C25H33FN2O4. The van der Waals surface area contributed by atoms with Crippen molar-refractivity contribution in [3.8, 4) is 11.5 Å². The molecule has 2 aromatic carbocycles. The Kier molecular flexibility index (Phi) is 9.31. The van der Waals surface area contributed by atoms with Crippen LogP contribution in [0.4, 0.5) is 4.39 Å². The van der Waals surface area contributed by atoms with Crippen LogP contribution in [0.3, 0.4) is 0 Å². The topological polar surface area (TPSA) is 60.0 Å². The number of likely N-dealkylation sites (N-methyl/N-ethyl adjacent to an activating group) is 1. The van der Waals surface area contributed by atoms with Gasteiger partial charge in [-0.3, -0.25) is 9.69 Å². The van der Waals surface area contributed by atoms with Crippen LogP contribution in [0.25, 0.3) is 0 Å². The van der Waals surface area contributed by atoms with Crippen LogP contribution in [-0.2, 0) is 22.5 Å². The number of nitrogens with one attached hydrogen (secondary N) is 1. The van der Waals surface area contributed by atoms with E-state index in [-0.39, 0.29) is 11.7 Å². The SMILES string of the molecule is COc1ccc(CCC(=O)NCc2cccc(OCCN(C)C3CCOCC3)c2)cc1F. The van der Waals surface area contributed by atoms with Gasteiger partial charge in [0.15, 0.2) is 11.6 Å². The molecule has 1 heterocycles. The molecule has 1 amide bonds. The highest BCUT2D eigenvalue weighted by molar-refractivity contribution is 5.76. The standard InChI is InChI=1S/C25H33FN2O4/c1-28(21-10-13-31-14-11-21)12-15-32-22-5-3-4-20(16-22)18-27-25(29)9-7-19-6-8-24(30-2)23(26)17-19/h3-6,8,16-17,21H,7,9-15,18H2,1-2H3,(H,27,29). The van der Waals surface area contributed by atoms with Crippen molar-refractivity contribution in [1.82, 2.24) is 10.2 Å². The monoisotopic (exact) mass is 444 g/mol. The number of amides is 1.